The lowest BCUT2D eigenvalue weighted by molar-refractivity contribution is -0.145. The van der Waals surface area contributed by atoms with Crippen molar-refractivity contribution in [2.45, 2.75) is 39.2 Å². The minimum Gasteiger partial charge on any atom is -0.480 e. The van der Waals surface area contributed by atoms with Gasteiger partial charge in [-0.2, -0.15) is 0 Å². The summed E-state index contributed by atoms with van der Waals surface area (Å²) in [5.74, 6) is -1.24. The van der Waals surface area contributed by atoms with Gasteiger partial charge in [0.15, 0.2) is 0 Å². The second-order valence-electron chi connectivity index (χ2n) is 4.91. The molecule has 0 aliphatic carbocycles. The van der Waals surface area contributed by atoms with Crippen LogP contribution in [0, 0.1) is 6.92 Å². The van der Waals surface area contributed by atoms with Gasteiger partial charge in [0.05, 0.1) is 6.54 Å². The number of hydrogen-bond donors (Lipinski definition) is 3. The monoisotopic (exact) mass is 312 g/mol. The highest BCUT2D eigenvalue weighted by Crippen LogP contribution is 2.22. The van der Waals surface area contributed by atoms with Crippen molar-refractivity contribution in [2.75, 3.05) is 11.9 Å². The summed E-state index contributed by atoms with van der Waals surface area (Å²) in [5.41, 5.74) is 0.340. The Morgan fingerprint density at radius 2 is 1.90 bits per heavy atom. The van der Waals surface area contributed by atoms with Crippen LogP contribution in [-0.2, 0) is 9.59 Å². The smallest absolute Gasteiger partial charge is 0.323 e. The van der Waals surface area contributed by atoms with Crippen LogP contribution in [0.25, 0.3) is 0 Å². The average Bonchev–Trinajstić information content (AvgIpc) is 2.45. The molecule has 1 rings (SSSR count). The SMILES string of the molecule is CCC(CC)(NCC(=O)Nc1cccc(Cl)c1C)C(=O)O. The maximum Gasteiger partial charge on any atom is 0.323 e. The van der Waals surface area contributed by atoms with Gasteiger partial charge in [0.25, 0.3) is 0 Å². The molecule has 0 spiro atoms. The van der Waals surface area contributed by atoms with E-state index < -0.39 is 11.5 Å². The first-order chi connectivity index (χ1) is 9.86. The lowest BCUT2D eigenvalue weighted by Gasteiger charge is -2.27. The zero-order valence-corrected chi connectivity index (χ0v) is 13.3. The molecule has 0 radical (unpaired) electrons. The molecular weight excluding hydrogens is 292 g/mol. The van der Waals surface area contributed by atoms with E-state index in [9.17, 15) is 14.7 Å². The molecule has 5 nitrogen and oxygen atoms in total. The van der Waals surface area contributed by atoms with Crippen LogP contribution in [0.5, 0.6) is 0 Å². The van der Waals surface area contributed by atoms with Crippen molar-refractivity contribution in [3.63, 3.8) is 0 Å². The maximum absolute atomic E-state index is 12.0. The molecule has 0 aliphatic rings. The summed E-state index contributed by atoms with van der Waals surface area (Å²) >= 11 is 5.99. The zero-order chi connectivity index (χ0) is 16.0. The fourth-order valence-corrected chi connectivity index (χ4v) is 2.24. The van der Waals surface area contributed by atoms with Crippen LogP contribution < -0.4 is 10.6 Å². The Morgan fingerprint density at radius 3 is 2.43 bits per heavy atom. The number of aliphatic carboxylic acids is 1. The van der Waals surface area contributed by atoms with Crippen molar-refractivity contribution in [3.8, 4) is 0 Å². The van der Waals surface area contributed by atoms with E-state index in [4.69, 9.17) is 11.6 Å². The lowest BCUT2D eigenvalue weighted by atomic mass is 9.93. The van der Waals surface area contributed by atoms with Crippen molar-refractivity contribution in [2.24, 2.45) is 0 Å². The van der Waals surface area contributed by atoms with Crippen LogP contribution in [0.4, 0.5) is 5.69 Å². The zero-order valence-electron chi connectivity index (χ0n) is 12.5. The fraction of sp³-hybridized carbons (Fsp3) is 0.467. The Hall–Kier alpha value is -1.59. The Labute approximate surface area is 129 Å². The van der Waals surface area contributed by atoms with E-state index in [2.05, 4.69) is 10.6 Å². The summed E-state index contributed by atoms with van der Waals surface area (Å²) in [4.78, 5) is 23.3. The van der Waals surface area contributed by atoms with Crippen molar-refractivity contribution < 1.29 is 14.7 Å². The minimum absolute atomic E-state index is 0.0695. The predicted molar refractivity (Wildman–Crippen MR) is 83.8 cm³/mol. The molecule has 0 atom stereocenters. The molecule has 116 valence electrons. The van der Waals surface area contributed by atoms with Gasteiger partial charge in [-0.1, -0.05) is 31.5 Å². The number of rotatable bonds is 7. The van der Waals surface area contributed by atoms with E-state index in [0.29, 0.717) is 23.6 Å². The van der Waals surface area contributed by atoms with E-state index in [1.807, 2.05) is 6.92 Å². The third-order valence-corrected chi connectivity index (χ3v) is 4.16. The van der Waals surface area contributed by atoms with Gasteiger partial charge in [-0.25, -0.2) is 0 Å². The van der Waals surface area contributed by atoms with Crippen molar-refractivity contribution in [1.29, 1.82) is 0 Å². The first-order valence-electron chi connectivity index (χ1n) is 6.89. The lowest BCUT2D eigenvalue weighted by Crippen LogP contribution is -2.53. The molecule has 0 saturated carbocycles. The van der Waals surface area contributed by atoms with Crippen LogP contribution in [0.1, 0.15) is 32.3 Å². The first kappa shape index (κ1) is 17.5. The number of halogens is 1. The molecular formula is C15H21ClN2O3. The fourth-order valence-electron chi connectivity index (χ4n) is 2.06. The van der Waals surface area contributed by atoms with Crippen LogP contribution in [0.3, 0.4) is 0 Å². The number of amides is 1. The van der Waals surface area contributed by atoms with Crippen LogP contribution in [0.2, 0.25) is 5.02 Å². The van der Waals surface area contributed by atoms with Crippen molar-refractivity contribution in [3.05, 3.63) is 28.8 Å². The van der Waals surface area contributed by atoms with Crippen molar-refractivity contribution >= 4 is 29.2 Å². The number of carboxylic acid groups (broad SMARTS) is 1. The van der Waals surface area contributed by atoms with Gasteiger partial charge in [0, 0.05) is 10.7 Å². The highest BCUT2D eigenvalue weighted by Gasteiger charge is 2.34. The minimum atomic E-state index is -1.07. The van der Waals surface area contributed by atoms with E-state index in [-0.39, 0.29) is 12.5 Å². The topological polar surface area (TPSA) is 78.4 Å². The summed E-state index contributed by atoms with van der Waals surface area (Å²) in [7, 11) is 0. The number of carbonyl (C=O) groups excluding carboxylic acids is 1. The highest BCUT2D eigenvalue weighted by molar-refractivity contribution is 6.31. The van der Waals surface area contributed by atoms with Gasteiger partial charge in [0.1, 0.15) is 5.54 Å². The molecule has 0 aromatic heterocycles. The van der Waals surface area contributed by atoms with Gasteiger partial charge in [-0.3, -0.25) is 14.9 Å². The van der Waals surface area contributed by atoms with E-state index in [0.717, 1.165) is 5.56 Å². The van der Waals surface area contributed by atoms with Crippen LogP contribution in [-0.4, -0.2) is 29.1 Å². The summed E-state index contributed by atoms with van der Waals surface area (Å²) in [6, 6.07) is 5.25. The highest BCUT2D eigenvalue weighted by atomic mass is 35.5. The molecule has 0 bridgehead atoms. The number of anilines is 1. The molecule has 0 fully saturated rings. The Bertz CT molecular complexity index is 528. The molecule has 0 aliphatic heterocycles. The van der Waals surface area contributed by atoms with Crippen LogP contribution >= 0.6 is 11.6 Å². The summed E-state index contributed by atoms with van der Waals surface area (Å²) < 4.78 is 0. The van der Waals surface area contributed by atoms with E-state index >= 15 is 0 Å². The molecule has 6 heteroatoms. The predicted octanol–water partition coefficient (Wildman–Crippen LogP) is 2.82. The molecule has 0 heterocycles. The van der Waals surface area contributed by atoms with Crippen molar-refractivity contribution in [1.82, 2.24) is 5.32 Å². The second-order valence-corrected chi connectivity index (χ2v) is 5.32. The average molecular weight is 313 g/mol. The number of benzene rings is 1. The standard InChI is InChI=1S/C15H21ClN2O3/c1-4-15(5-2,14(20)21)17-9-13(19)18-12-8-6-7-11(16)10(12)3/h6-8,17H,4-5,9H2,1-3H3,(H,18,19)(H,20,21). The molecule has 0 unspecified atom stereocenters. The van der Waals surface area contributed by atoms with E-state index in [1.165, 1.54) is 0 Å². The number of carboxylic acids is 1. The Balaban J connectivity index is 2.70. The Kier molecular flexibility index (Phi) is 6.18. The molecule has 1 aromatic rings. The third kappa shape index (κ3) is 4.19. The number of carbonyl (C=O) groups is 2. The number of nitrogens with one attached hydrogen (secondary N) is 2. The molecule has 1 aromatic carbocycles. The quantitative estimate of drug-likeness (QED) is 0.723. The third-order valence-electron chi connectivity index (χ3n) is 3.75. The summed E-state index contributed by atoms with van der Waals surface area (Å²) in [6.45, 7) is 5.30. The van der Waals surface area contributed by atoms with E-state index in [1.54, 1.807) is 32.0 Å². The first-order valence-corrected chi connectivity index (χ1v) is 7.27. The largest absolute Gasteiger partial charge is 0.480 e. The van der Waals surface area contributed by atoms with Crippen LogP contribution in [0.15, 0.2) is 18.2 Å². The summed E-state index contributed by atoms with van der Waals surface area (Å²) in [6.07, 6.45) is 0.810. The van der Waals surface area contributed by atoms with Gasteiger partial charge in [-0.15, -0.1) is 0 Å². The number of hydrogen-bond acceptors (Lipinski definition) is 3. The second kappa shape index (κ2) is 7.43. The van der Waals surface area contributed by atoms with Gasteiger partial charge < -0.3 is 10.4 Å². The summed E-state index contributed by atoms with van der Waals surface area (Å²) in [5, 5.41) is 15.4. The Morgan fingerprint density at radius 1 is 1.29 bits per heavy atom. The molecule has 21 heavy (non-hydrogen) atoms. The molecule has 1 amide bonds. The molecule has 0 saturated heterocycles. The van der Waals surface area contributed by atoms with Gasteiger partial charge in [0.2, 0.25) is 5.91 Å². The molecule has 3 N–H and O–H groups in total. The normalized spacial score (nSPS) is 11.2. The van der Waals surface area contributed by atoms with Gasteiger partial charge >= 0.3 is 5.97 Å². The maximum atomic E-state index is 12.0. The van der Waals surface area contributed by atoms with Gasteiger partial charge in [-0.05, 0) is 37.5 Å².